The first kappa shape index (κ1) is 20.1. The van der Waals surface area contributed by atoms with Gasteiger partial charge in [-0.15, -0.1) is 0 Å². The zero-order chi connectivity index (χ0) is 21.8. The van der Waals surface area contributed by atoms with Crippen LogP contribution in [0.1, 0.15) is 11.3 Å². The van der Waals surface area contributed by atoms with E-state index in [0.717, 1.165) is 43.9 Å². The molecule has 5 rings (SSSR count). The highest BCUT2D eigenvalue weighted by atomic mass is 16.5. The van der Waals surface area contributed by atoms with Crippen molar-refractivity contribution in [2.45, 2.75) is 13.0 Å². The van der Waals surface area contributed by atoms with Crippen molar-refractivity contribution in [3.63, 3.8) is 0 Å². The van der Waals surface area contributed by atoms with Crippen molar-refractivity contribution in [2.75, 3.05) is 36.4 Å². The normalized spacial score (nSPS) is 14.6. The van der Waals surface area contributed by atoms with Gasteiger partial charge in [0.05, 0.1) is 6.42 Å². The molecule has 0 unspecified atom stereocenters. The smallest absolute Gasteiger partial charge is 0.231 e. The number of nitrogens with one attached hydrogen (secondary N) is 1. The summed E-state index contributed by atoms with van der Waals surface area (Å²) in [5, 5.41) is 7.73. The molecule has 0 spiro atoms. The monoisotopic (exact) mass is 428 g/mol. The molecule has 32 heavy (non-hydrogen) atoms. The molecule has 1 N–H and O–H groups in total. The number of piperazine rings is 1. The number of amides is 1. The molecule has 2 aromatic carbocycles. The largest absolute Gasteiger partial charge is 0.356 e. The number of carbonyl (C=O) groups is 1. The molecule has 3 heterocycles. The number of hydrogen-bond donors (Lipinski definition) is 1. The summed E-state index contributed by atoms with van der Waals surface area (Å²) in [6, 6.07) is 19.8. The summed E-state index contributed by atoms with van der Waals surface area (Å²) in [5.74, 6) is 1.11. The molecule has 1 fully saturated rings. The molecule has 2 aromatic heterocycles. The number of aromatic nitrogens is 3. The van der Waals surface area contributed by atoms with Crippen molar-refractivity contribution < 1.29 is 9.32 Å². The molecule has 4 aromatic rings. The summed E-state index contributed by atoms with van der Waals surface area (Å²) in [5.41, 5.74) is 2.61. The third kappa shape index (κ3) is 4.60. The Bertz CT molecular complexity index is 1200. The van der Waals surface area contributed by atoms with Gasteiger partial charge in [0, 0.05) is 44.2 Å². The Morgan fingerprint density at radius 3 is 2.59 bits per heavy atom. The van der Waals surface area contributed by atoms with Gasteiger partial charge in [-0.2, -0.15) is 0 Å². The molecule has 8 heteroatoms. The molecule has 1 aliphatic rings. The summed E-state index contributed by atoms with van der Waals surface area (Å²) in [7, 11) is 0. The number of benzene rings is 2. The molecule has 0 bridgehead atoms. The highest BCUT2D eigenvalue weighted by Crippen LogP contribution is 2.20. The fourth-order valence-corrected chi connectivity index (χ4v) is 3.97. The molecule has 1 saturated heterocycles. The number of nitrogens with zero attached hydrogens (tertiary/aromatic N) is 5. The van der Waals surface area contributed by atoms with Gasteiger partial charge in [-0.25, -0.2) is 9.97 Å². The van der Waals surface area contributed by atoms with E-state index in [0.29, 0.717) is 17.1 Å². The van der Waals surface area contributed by atoms with Gasteiger partial charge in [0.1, 0.15) is 23.7 Å². The van der Waals surface area contributed by atoms with Crippen LogP contribution in [0.4, 0.5) is 11.6 Å². The van der Waals surface area contributed by atoms with E-state index in [9.17, 15) is 4.79 Å². The number of anilines is 2. The summed E-state index contributed by atoms with van der Waals surface area (Å²) in [6.07, 6.45) is 1.61. The van der Waals surface area contributed by atoms with Crippen LogP contribution in [0, 0.1) is 0 Å². The Kier molecular flexibility index (Phi) is 5.76. The van der Waals surface area contributed by atoms with Gasteiger partial charge in [0.25, 0.3) is 0 Å². The van der Waals surface area contributed by atoms with Crippen LogP contribution in [0.3, 0.4) is 0 Å². The van der Waals surface area contributed by atoms with E-state index in [1.54, 1.807) is 0 Å². The molecule has 0 atom stereocenters. The van der Waals surface area contributed by atoms with E-state index in [-0.39, 0.29) is 12.3 Å². The van der Waals surface area contributed by atoms with Crippen molar-refractivity contribution >= 4 is 28.5 Å². The zero-order valence-corrected chi connectivity index (χ0v) is 17.6. The fraction of sp³-hybridized carbons (Fsp3) is 0.250. The lowest BCUT2D eigenvalue weighted by Crippen LogP contribution is -2.46. The van der Waals surface area contributed by atoms with E-state index >= 15 is 0 Å². The van der Waals surface area contributed by atoms with E-state index in [4.69, 9.17) is 4.52 Å². The van der Waals surface area contributed by atoms with Gasteiger partial charge >= 0.3 is 0 Å². The zero-order valence-electron chi connectivity index (χ0n) is 17.6. The molecule has 8 nitrogen and oxygen atoms in total. The van der Waals surface area contributed by atoms with Gasteiger partial charge in [0.2, 0.25) is 5.91 Å². The van der Waals surface area contributed by atoms with Crippen LogP contribution in [0.15, 0.2) is 71.5 Å². The van der Waals surface area contributed by atoms with Gasteiger partial charge < -0.3 is 14.7 Å². The number of fused-ring (bicyclic) bond motifs is 1. The number of carbonyl (C=O) groups excluding carboxylic acids is 1. The maximum absolute atomic E-state index is 12.6. The van der Waals surface area contributed by atoms with Crippen molar-refractivity contribution in [2.24, 2.45) is 0 Å². The highest BCUT2D eigenvalue weighted by molar-refractivity contribution is 5.94. The van der Waals surface area contributed by atoms with Crippen molar-refractivity contribution in [1.29, 1.82) is 0 Å². The van der Waals surface area contributed by atoms with E-state index < -0.39 is 0 Å². The average molecular weight is 428 g/mol. The first-order valence-corrected chi connectivity index (χ1v) is 10.7. The minimum Gasteiger partial charge on any atom is -0.356 e. The number of hydrogen-bond acceptors (Lipinski definition) is 7. The quantitative estimate of drug-likeness (QED) is 0.505. The average Bonchev–Trinajstić information content (AvgIpc) is 3.23. The van der Waals surface area contributed by atoms with Crippen LogP contribution < -0.4 is 10.2 Å². The molecular formula is C24H24N6O2. The van der Waals surface area contributed by atoms with Crippen LogP contribution in [0.25, 0.3) is 11.0 Å². The SMILES string of the molecule is O=C(Cc1noc2ccccc12)Nc1cc(N2CCN(Cc3ccccc3)CC2)ncn1. The van der Waals surface area contributed by atoms with Gasteiger partial charge in [-0.05, 0) is 17.7 Å². The molecule has 0 radical (unpaired) electrons. The molecule has 0 aliphatic carbocycles. The van der Waals surface area contributed by atoms with Crippen molar-refractivity contribution in [3.05, 3.63) is 78.2 Å². The summed E-state index contributed by atoms with van der Waals surface area (Å²) in [6.45, 7) is 4.63. The third-order valence-electron chi connectivity index (χ3n) is 5.65. The lowest BCUT2D eigenvalue weighted by molar-refractivity contribution is -0.115. The molecular weight excluding hydrogens is 404 g/mol. The lowest BCUT2D eigenvalue weighted by Gasteiger charge is -2.35. The second kappa shape index (κ2) is 9.15. The van der Waals surface area contributed by atoms with Crippen LogP contribution in [-0.4, -0.2) is 52.1 Å². The maximum Gasteiger partial charge on any atom is 0.231 e. The fourth-order valence-electron chi connectivity index (χ4n) is 3.97. The van der Waals surface area contributed by atoms with Crippen molar-refractivity contribution in [1.82, 2.24) is 20.0 Å². The summed E-state index contributed by atoms with van der Waals surface area (Å²) in [4.78, 5) is 25.8. The summed E-state index contributed by atoms with van der Waals surface area (Å²) < 4.78 is 5.28. The Morgan fingerprint density at radius 2 is 1.75 bits per heavy atom. The standard InChI is InChI=1S/C24H24N6O2/c31-24(14-20-19-8-4-5-9-21(19)32-28-20)27-22-15-23(26-17-25-22)30-12-10-29(11-13-30)16-18-6-2-1-3-7-18/h1-9,15,17H,10-14,16H2,(H,25,26,27,31). The number of para-hydroxylation sites is 1. The Hall–Kier alpha value is -3.78. The molecule has 0 saturated carbocycles. The maximum atomic E-state index is 12.6. The van der Waals surface area contributed by atoms with Gasteiger partial charge in [-0.1, -0.05) is 47.6 Å². The second-order valence-electron chi connectivity index (χ2n) is 7.86. The third-order valence-corrected chi connectivity index (χ3v) is 5.65. The minimum absolute atomic E-state index is 0.120. The molecule has 162 valence electrons. The molecule has 1 amide bonds. The van der Waals surface area contributed by atoms with Crippen LogP contribution >= 0.6 is 0 Å². The molecule has 1 aliphatic heterocycles. The highest BCUT2D eigenvalue weighted by Gasteiger charge is 2.19. The Balaban J connectivity index is 1.18. The lowest BCUT2D eigenvalue weighted by atomic mass is 10.1. The van der Waals surface area contributed by atoms with Crippen LogP contribution in [0.5, 0.6) is 0 Å². The minimum atomic E-state index is -0.193. The van der Waals surface area contributed by atoms with E-state index in [2.05, 4.69) is 54.5 Å². The van der Waals surface area contributed by atoms with Gasteiger partial charge in [-0.3, -0.25) is 9.69 Å². The van der Waals surface area contributed by atoms with Crippen molar-refractivity contribution in [3.8, 4) is 0 Å². The predicted octanol–water partition coefficient (Wildman–Crippen LogP) is 3.12. The van der Waals surface area contributed by atoms with E-state index in [1.807, 2.05) is 36.4 Å². The first-order chi connectivity index (χ1) is 15.7. The first-order valence-electron chi connectivity index (χ1n) is 10.7. The second-order valence-corrected chi connectivity index (χ2v) is 7.86. The van der Waals surface area contributed by atoms with Crippen LogP contribution in [-0.2, 0) is 17.8 Å². The predicted molar refractivity (Wildman–Crippen MR) is 122 cm³/mol. The summed E-state index contributed by atoms with van der Waals surface area (Å²) >= 11 is 0. The van der Waals surface area contributed by atoms with E-state index in [1.165, 1.54) is 11.9 Å². The topological polar surface area (TPSA) is 87.4 Å². The Morgan fingerprint density at radius 1 is 0.969 bits per heavy atom. The van der Waals surface area contributed by atoms with Gasteiger partial charge in [0.15, 0.2) is 5.58 Å². The Labute approximate surface area is 185 Å². The number of rotatable bonds is 6. The van der Waals surface area contributed by atoms with Crippen LogP contribution in [0.2, 0.25) is 0 Å².